The van der Waals surface area contributed by atoms with Gasteiger partial charge in [-0.1, -0.05) is 0 Å². The summed E-state index contributed by atoms with van der Waals surface area (Å²) in [5, 5.41) is 0. The number of nitrogens with two attached hydrogens (primary N) is 2. The van der Waals surface area contributed by atoms with Gasteiger partial charge in [-0.3, -0.25) is 0 Å². The largest absolute Gasteiger partial charge is 0.368 e. The topological polar surface area (TPSA) is 101 Å². The molecule has 6 heteroatoms. The molecule has 0 saturated heterocycles. The van der Waals surface area contributed by atoms with E-state index < -0.39 is 5.66 Å². The Morgan fingerprint density at radius 3 is 3.00 bits per heavy atom. The lowest BCUT2D eigenvalue weighted by atomic mass is 10.1. The van der Waals surface area contributed by atoms with E-state index in [4.69, 9.17) is 11.5 Å². The first kappa shape index (κ1) is 7.11. The Morgan fingerprint density at radius 1 is 1.50 bits per heavy atom. The minimum atomic E-state index is -0.891. The van der Waals surface area contributed by atoms with Gasteiger partial charge in [0.2, 0.25) is 5.96 Å². The summed E-state index contributed by atoms with van der Waals surface area (Å²) in [5.74, 6) is 0.612. The summed E-state index contributed by atoms with van der Waals surface area (Å²) in [4.78, 5) is 15.6. The number of aliphatic imine (C=N–C) groups is 4. The molecule has 2 rings (SSSR count). The van der Waals surface area contributed by atoms with Crippen LogP contribution >= 0.6 is 0 Å². The third-order valence-electron chi connectivity index (χ3n) is 1.63. The van der Waals surface area contributed by atoms with Gasteiger partial charge in [0.15, 0.2) is 11.5 Å². The molecule has 0 aromatic heterocycles. The van der Waals surface area contributed by atoms with Crippen molar-refractivity contribution in [1.82, 2.24) is 0 Å². The van der Waals surface area contributed by atoms with Crippen molar-refractivity contribution in [2.75, 3.05) is 0 Å². The molecule has 0 aromatic rings. The van der Waals surface area contributed by atoms with Crippen LogP contribution in [0.2, 0.25) is 0 Å². The number of rotatable bonds is 0. The predicted octanol–water partition coefficient (Wildman–Crippen LogP) is -1.13. The first-order valence-electron chi connectivity index (χ1n) is 3.44. The van der Waals surface area contributed by atoms with Crippen LogP contribution in [0.4, 0.5) is 0 Å². The SMILES string of the molecule is CC1(N)N=C(N)N=C2N=CN=C21. The standard InChI is InChI=1S/C6H8N6/c1-6(8)3-4(10-2-9-3)11-5(7)12-6/h2H,8H2,1H3,(H2,7,12). The Labute approximate surface area is 68.8 Å². The summed E-state index contributed by atoms with van der Waals surface area (Å²) < 4.78 is 0. The fourth-order valence-electron chi connectivity index (χ4n) is 1.12. The van der Waals surface area contributed by atoms with Crippen LogP contribution in [0.15, 0.2) is 20.0 Å². The molecule has 0 aromatic carbocycles. The van der Waals surface area contributed by atoms with Crippen LogP contribution < -0.4 is 11.5 Å². The van der Waals surface area contributed by atoms with E-state index in [9.17, 15) is 0 Å². The van der Waals surface area contributed by atoms with Gasteiger partial charge in [0.05, 0.1) is 0 Å². The molecule has 62 valence electrons. The summed E-state index contributed by atoms with van der Waals surface area (Å²) in [5.41, 5.74) is 10.9. The van der Waals surface area contributed by atoms with Crippen molar-refractivity contribution in [3.63, 3.8) is 0 Å². The number of guanidine groups is 1. The van der Waals surface area contributed by atoms with Crippen molar-refractivity contribution in [1.29, 1.82) is 0 Å². The van der Waals surface area contributed by atoms with Crippen molar-refractivity contribution >= 4 is 23.8 Å². The van der Waals surface area contributed by atoms with Gasteiger partial charge >= 0.3 is 0 Å². The van der Waals surface area contributed by atoms with Crippen LogP contribution in [-0.4, -0.2) is 29.5 Å². The molecular weight excluding hydrogens is 156 g/mol. The van der Waals surface area contributed by atoms with Gasteiger partial charge in [-0.05, 0) is 6.92 Å². The van der Waals surface area contributed by atoms with E-state index in [2.05, 4.69) is 20.0 Å². The second-order valence-electron chi connectivity index (χ2n) is 2.78. The molecule has 0 radical (unpaired) electrons. The van der Waals surface area contributed by atoms with Crippen molar-refractivity contribution in [2.45, 2.75) is 12.6 Å². The maximum atomic E-state index is 5.79. The van der Waals surface area contributed by atoms with Crippen LogP contribution in [0.5, 0.6) is 0 Å². The molecule has 2 heterocycles. The van der Waals surface area contributed by atoms with Crippen LogP contribution in [0.3, 0.4) is 0 Å². The van der Waals surface area contributed by atoms with Gasteiger partial charge in [0.25, 0.3) is 0 Å². The van der Waals surface area contributed by atoms with E-state index in [-0.39, 0.29) is 5.96 Å². The van der Waals surface area contributed by atoms with Gasteiger partial charge in [-0.25, -0.2) is 15.0 Å². The highest BCUT2D eigenvalue weighted by Gasteiger charge is 2.34. The molecule has 0 saturated carbocycles. The summed E-state index contributed by atoms with van der Waals surface area (Å²) in [7, 11) is 0. The number of amidine groups is 1. The van der Waals surface area contributed by atoms with E-state index in [0.29, 0.717) is 11.5 Å². The van der Waals surface area contributed by atoms with Gasteiger partial charge in [0, 0.05) is 0 Å². The molecule has 12 heavy (non-hydrogen) atoms. The summed E-state index contributed by atoms with van der Waals surface area (Å²) in [6.45, 7) is 1.71. The molecule has 1 atom stereocenters. The molecule has 4 N–H and O–H groups in total. The number of fused-ring (bicyclic) bond motifs is 1. The molecule has 6 nitrogen and oxygen atoms in total. The van der Waals surface area contributed by atoms with E-state index >= 15 is 0 Å². The minimum absolute atomic E-state index is 0.146. The predicted molar refractivity (Wildman–Crippen MR) is 47.6 cm³/mol. The summed E-state index contributed by atoms with van der Waals surface area (Å²) in [6.07, 6.45) is 1.40. The van der Waals surface area contributed by atoms with Crippen LogP contribution in [0.25, 0.3) is 0 Å². The van der Waals surface area contributed by atoms with Gasteiger partial charge in [-0.2, -0.15) is 4.99 Å². The summed E-state index contributed by atoms with van der Waals surface area (Å²) >= 11 is 0. The van der Waals surface area contributed by atoms with Crippen molar-refractivity contribution in [3.8, 4) is 0 Å². The average molecular weight is 164 g/mol. The molecule has 0 spiro atoms. The Kier molecular flexibility index (Phi) is 1.17. The van der Waals surface area contributed by atoms with Crippen LogP contribution in [0, 0.1) is 0 Å². The second kappa shape index (κ2) is 1.98. The maximum absolute atomic E-state index is 5.79. The lowest BCUT2D eigenvalue weighted by Gasteiger charge is -2.22. The minimum Gasteiger partial charge on any atom is -0.368 e. The third kappa shape index (κ3) is 0.850. The molecule has 0 aliphatic carbocycles. The second-order valence-corrected chi connectivity index (χ2v) is 2.78. The first-order chi connectivity index (χ1) is 5.59. The molecular formula is C6H8N6. The fourth-order valence-corrected chi connectivity index (χ4v) is 1.12. The van der Waals surface area contributed by atoms with E-state index in [1.54, 1.807) is 6.92 Å². The molecule has 2 aliphatic heterocycles. The first-order valence-corrected chi connectivity index (χ1v) is 3.44. The number of hydrogen-bond donors (Lipinski definition) is 2. The third-order valence-corrected chi connectivity index (χ3v) is 1.63. The van der Waals surface area contributed by atoms with E-state index in [0.717, 1.165) is 0 Å². The van der Waals surface area contributed by atoms with Gasteiger partial charge in [0.1, 0.15) is 12.1 Å². The van der Waals surface area contributed by atoms with Gasteiger partial charge in [-0.15, -0.1) is 0 Å². The molecule has 1 unspecified atom stereocenters. The van der Waals surface area contributed by atoms with Crippen LogP contribution in [0.1, 0.15) is 6.92 Å². The Hall–Kier alpha value is -1.56. The monoisotopic (exact) mass is 164 g/mol. The van der Waals surface area contributed by atoms with Gasteiger partial charge < -0.3 is 11.5 Å². The van der Waals surface area contributed by atoms with Crippen molar-refractivity contribution in [3.05, 3.63) is 0 Å². The fraction of sp³-hybridized carbons (Fsp3) is 0.333. The normalized spacial score (nSPS) is 32.3. The zero-order valence-corrected chi connectivity index (χ0v) is 6.52. The lowest BCUT2D eigenvalue weighted by molar-refractivity contribution is 0.665. The highest BCUT2D eigenvalue weighted by Crippen LogP contribution is 2.14. The lowest BCUT2D eigenvalue weighted by Crippen LogP contribution is -2.49. The number of hydrogen-bond acceptors (Lipinski definition) is 6. The average Bonchev–Trinajstić information content (AvgIpc) is 2.32. The zero-order chi connectivity index (χ0) is 8.77. The zero-order valence-electron chi connectivity index (χ0n) is 6.52. The molecule has 2 aliphatic rings. The molecule has 0 fully saturated rings. The Balaban J connectivity index is 2.54. The smallest absolute Gasteiger partial charge is 0.219 e. The molecule has 0 bridgehead atoms. The molecule has 0 amide bonds. The quantitative estimate of drug-likeness (QED) is 0.473. The van der Waals surface area contributed by atoms with Crippen molar-refractivity contribution < 1.29 is 0 Å². The Morgan fingerprint density at radius 2 is 2.25 bits per heavy atom. The number of nitrogens with zero attached hydrogens (tertiary/aromatic N) is 4. The maximum Gasteiger partial charge on any atom is 0.219 e. The summed E-state index contributed by atoms with van der Waals surface area (Å²) in [6, 6.07) is 0. The van der Waals surface area contributed by atoms with E-state index in [1.807, 2.05) is 0 Å². The highest BCUT2D eigenvalue weighted by atomic mass is 15.2. The van der Waals surface area contributed by atoms with Crippen LogP contribution in [-0.2, 0) is 0 Å². The van der Waals surface area contributed by atoms with Crippen molar-refractivity contribution in [2.24, 2.45) is 31.4 Å². The highest BCUT2D eigenvalue weighted by molar-refractivity contribution is 6.50. The van der Waals surface area contributed by atoms with E-state index in [1.165, 1.54) is 6.34 Å². The Bertz CT molecular complexity index is 345.